The van der Waals surface area contributed by atoms with Crippen LogP contribution in [0.1, 0.15) is 23.6 Å². The quantitative estimate of drug-likeness (QED) is 0.718. The molecule has 0 unspecified atom stereocenters. The fourth-order valence-corrected chi connectivity index (χ4v) is 2.89. The van der Waals surface area contributed by atoms with Crippen LogP contribution in [0.2, 0.25) is 0 Å². The van der Waals surface area contributed by atoms with Gasteiger partial charge in [-0.3, -0.25) is 4.90 Å². The van der Waals surface area contributed by atoms with Gasteiger partial charge in [0.05, 0.1) is 0 Å². The molecule has 0 aliphatic heterocycles. The maximum Gasteiger partial charge on any atom is 0.0328 e. The molecule has 1 nitrogen and oxygen atoms in total. The number of rotatable bonds is 6. The van der Waals surface area contributed by atoms with Gasteiger partial charge in [0.25, 0.3) is 0 Å². The van der Waals surface area contributed by atoms with Crippen LogP contribution in [-0.4, -0.2) is 23.3 Å². The zero-order chi connectivity index (χ0) is 10.4. The summed E-state index contributed by atoms with van der Waals surface area (Å²) >= 11 is 5.43. The third kappa shape index (κ3) is 3.71. The number of halogens is 1. The van der Waals surface area contributed by atoms with E-state index in [9.17, 15) is 0 Å². The molecule has 0 amide bonds. The molecule has 80 valence electrons. The highest BCUT2D eigenvalue weighted by molar-refractivity contribution is 9.09. The number of aryl methyl sites for hydroxylation is 1. The lowest BCUT2D eigenvalue weighted by Gasteiger charge is -2.17. The highest BCUT2D eigenvalue weighted by Gasteiger charge is 2.04. The first-order valence-corrected chi connectivity index (χ1v) is 7.09. The number of nitrogens with zero attached hydrogens (tertiary/aromatic N) is 1. The molecular weight excluding hydrogens is 258 g/mol. The summed E-state index contributed by atoms with van der Waals surface area (Å²) in [6.45, 7) is 7.80. The summed E-state index contributed by atoms with van der Waals surface area (Å²) in [6, 6.07) is 4.52. The molecule has 1 aromatic rings. The highest BCUT2D eigenvalue weighted by Crippen LogP contribution is 2.18. The minimum Gasteiger partial charge on any atom is -0.298 e. The van der Waals surface area contributed by atoms with E-state index in [1.54, 1.807) is 0 Å². The van der Waals surface area contributed by atoms with E-state index in [0.717, 1.165) is 31.4 Å². The lowest BCUT2D eigenvalue weighted by molar-refractivity contribution is 0.302. The molecule has 0 fully saturated rings. The molecule has 3 heteroatoms. The third-order valence-electron chi connectivity index (χ3n) is 2.29. The van der Waals surface area contributed by atoms with Crippen molar-refractivity contribution in [2.75, 3.05) is 18.4 Å². The molecular formula is C11H18BrNS. The molecule has 1 heterocycles. The van der Waals surface area contributed by atoms with Gasteiger partial charge in [-0.1, -0.05) is 29.8 Å². The Hall–Kier alpha value is 0.140. The topological polar surface area (TPSA) is 3.24 Å². The third-order valence-corrected chi connectivity index (χ3v) is 3.86. The van der Waals surface area contributed by atoms with Crippen LogP contribution in [0.25, 0.3) is 0 Å². The first kappa shape index (κ1) is 12.2. The number of hydrogen-bond donors (Lipinski definition) is 0. The van der Waals surface area contributed by atoms with Crippen molar-refractivity contribution in [1.29, 1.82) is 0 Å². The van der Waals surface area contributed by atoms with Gasteiger partial charge in [-0.25, -0.2) is 0 Å². The van der Waals surface area contributed by atoms with Gasteiger partial charge in [0.15, 0.2) is 0 Å². The lowest BCUT2D eigenvalue weighted by atomic mass is 10.3. The van der Waals surface area contributed by atoms with E-state index in [1.807, 2.05) is 11.3 Å². The molecule has 1 rings (SSSR count). The smallest absolute Gasteiger partial charge is 0.0328 e. The van der Waals surface area contributed by atoms with E-state index >= 15 is 0 Å². The van der Waals surface area contributed by atoms with Gasteiger partial charge in [0, 0.05) is 28.2 Å². The Kier molecular flexibility index (Phi) is 5.75. The second-order valence-corrected chi connectivity index (χ2v) is 5.33. The number of thiophene rings is 1. The van der Waals surface area contributed by atoms with Crippen LogP contribution in [-0.2, 0) is 13.0 Å². The summed E-state index contributed by atoms with van der Waals surface area (Å²) < 4.78 is 0. The molecule has 0 saturated heterocycles. The van der Waals surface area contributed by atoms with Gasteiger partial charge >= 0.3 is 0 Å². The molecule has 0 bridgehead atoms. The summed E-state index contributed by atoms with van der Waals surface area (Å²) in [7, 11) is 0. The molecule has 0 N–H and O–H groups in total. The lowest BCUT2D eigenvalue weighted by Crippen LogP contribution is -2.24. The second kappa shape index (κ2) is 6.59. The van der Waals surface area contributed by atoms with Crippen LogP contribution >= 0.6 is 27.3 Å². The van der Waals surface area contributed by atoms with Crippen LogP contribution < -0.4 is 0 Å². The van der Waals surface area contributed by atoms with E-state index in [-0.39, 0.29) is 0 Å². The zero-order valence-corrected chi connectivity index (χ0v) is 11.3. The van der Waals surface area contributed by atoms with E-state index in [0.29, 0.717) is 0 Å². The van der Waals surface area contributed by atoms with E-state index in [1.165, 1.54) is 9.75 Å². The fourth-order valence-electron chi connectivity index (χ4n) is 1.39. The van der Waals surface area contributed by atoms with Gasteiger partial charge in [-0.05, 0) is 25.1 Å². The van der Waals surface area contributed by atoms with E-state index < -0.39 is 0 Å². The Labute approximate surface area is 99.3 Å². The van der Waals surface area contributed by atoms with Gasteiger partial charge < -0.3 is 0 Å². The van der Waals surface area contributed by atoms with Crippen molar-refractivity contribution in [2.24, 2.45) is 0 Å². The molecule has 1 aromatic heterocycles. The average molecular weight is 276 g/mol. The molecule has 0 aliphatic rings. The predicted octanol–water partition coefficient (Wildman–Crippen LogP) is 3.53. The summed E-state index contributed by atoms with van der Waals surface area (Å²) in [4.78, 5) is 5.44. The summed E-state index contributed by atoms with van der Waals surface area (Å²) in [5, 5.41) is 1.06. The van der Waals surface area contributed by atoms with Crippen molar-refractivity contribution in [3.63, 3.8) is 0 Å². The fraction of sp³-hybridized carbons (Fsp3) is 0.636. The van der Waals surface area contributed by atoms with Crippen molar-refractivity contribution < 1.29 is 0 Å². The Balaban J connectivity index is 2.48. The normalized spacial score (nSPS) is 11.1. The van der Waals surface area contributed by atoms with E-state index in [2.05, 4.69) is 46.8 Å². The highest BCUT2D eigenvalue weighted by atomic mass is 79.9. The number of alkyl halides is 1. The van der Waals surface area contributed by atoms with Gasteiger partial charge in [0.2, 0.25) is 0 Å². The molecule has 0 aliphatic carbocycles. The largest absolute Gasteiger partial charge is 0.298 e. The standard InChI is InChI=1S/C11H18BrNS/c1-3-10-5-6-11(14-10)9-13(4-2)8-7-12/h5-6H,3-4,7-9H2,1-2H3. The van der Waals surface area contributed by atoms with Crippen molar-refractivity contribution in [1.82, 2.24) is 4.90 Å². The van der Waals surface area contributed by atoms with Crippen LogP contribution in [0.4, 0.5) is 0 Å². The molecule has 0 saturated carbocycles. The van der Waals surface area contributed by atoms with E-state index in [4.69, 9.17) is 0 Å². The minimum atomic E-state index is 1.06. The first-order chi connectivity index (χ1) is 6.80. The monoisotopic (exact) mass is 275 g/mol. The van der Waals surface area contributed by atoms with Crippen LogP contribution in [0, 0.1) is 0 Å². The second-order valence-electron chi connectivity index (χ2n) is 3.28. The minimum absolute atomic E-state index is 1.06. The van der Waals surface area contributed by atoms with Crippen LogP contribution in [0.5, 0.6) is 0 Å². The van der Waals surface area contributed by atoms with Gasteiger partial charge in [-0.2, -0.15) is 0 Å². The van der Waals surface area contributed by atoms with Gasteiger partial charge in [-0.15, -0.1) is 11.3 Å². The maximum atomic E-state index is 3.48. The maximum absolute atomic E-state index is 3.48. The summed E-state index contributed by atoms with van der Waals surface area (Å²) in [5.41, 5.74) is 0. The first-order valence-electron chi connectivity index (χ1n) is 5.16. The van der Waals surface area contributed by atoms with Crippen molar-refractivity contribution in [2.45, 2.75) is 26.8 Å². The van der Waals surface area contributed by atoms with Crippen LogP contribution in [0.3, 0.4) is 0 Å². The molecule has 14 heavy (non-hydrogen) atoms. The average Bonchev–Trinajstić information content (AvgIpc) is 2.65. The number of hydrogen-bond acceptors (Lipinski definition) is 2. The summed E-state index contributed by atoms with van der Waals surface area (Å²) in [6.07, 6.45) is 1.16. The molecule has 0 radical (unpaired) electrons. The summed E-state index contributed by atoms with van der Waals surface area (Å²) in [5.74, 6) is 0. The van der Waals surface area contributed by atoms with Gasteiger partial charge in [0.1, 0.15) is 0 Å². The predicted molar refractivity (Wildman–Crippen MR) is 68.4 cm³/mol. The molecule has 0 atom stereocenters. The molecule has 0 aromatic carbocycles. The zero-order valence-electron chi connectivity index (χ0n) is 8.92. The van der Waals surface area contributed by atoms with Crippen LogP contribution in [0.15, 0.2) is 12.1 Å². The Morgan fingerprint density at radius 2 is 2.00 bits per heavy atom. The Morgan fingerprint density at radius 3 is 2.50 bits per heavy atom. The van der Waals surface area contributed by atoms with Crippen molar-refractivity contribution in [3.05, 3.63) is 21.9 Å². The van der Waals surface area contributed by atoms with Crippen molar-refractivity contribution in [3.8, 4) is 0 Å². The molecule has 0 spiro atoms. The Bertz CT molecular complexity index is 260. The van der Waals surface area contributed by atoms with Crippen molar-refractivity contribution >= 4 is 27.3 Å². The Morgan fingerprint density at radius 1 is 1.29 bits per heavy atom. The SMILES string of the molecule is CCc1ccc(CN(CC)CCBr)s1.